The number of rotatable bonds is 7. The van der Waals surface area contributed by atoms with Gasteiger partial charge in [-0.2, -0.15) is 5.26 Å². The van der Waals surface area contributed by atoms with Crippen molar-refractivity contribution in [3.63, 3.8) is 0 Å². The number of nitriles is 1. The Morgan fingerprint density at radius 1 is 1.03 bits per heavy atom. The van der Waals surface area contributed by atoms with Gasteiger partial charge in [0.15, 0.2) is 5.16 Å². The standard InChI is InChI=1S/C26H26N6OS/c1-17-10-8-9-13-23(17)32-20(4)29-30-26(32)34-16-24(33)28-25-22(14-27)18(2)19(3)31(25)15-21-11-6-5-7-12-21/h5-13H,15-16H2,1-4H3,(H,28,33). The van der Waals surface area contributed by atoms with Crippen LogP contribution in [-0.2, 0) is 11.3 Å². The van der Waals surface area contributed by atoms with E-state index in [1.165, 1.54) is 11.8 Å². The molecule has 1 N–H and O–H groups in total. The highest BCUT2D eigenvalue weighted by molar-refractivity contribution is 7.99. The first-order valence-electron chi connectivity index (χ1n) is 10.9. The zero-order valence-electron chi connectivity index (χ0n) is 19.7. The molecule has 0 aliphatic heterocycles. The second-order valence-electron chi connectivity index (χ2n) is 8.11. The first-order chi connectivity index (χ1) is 16.4. The number of hydrogen-bond acceptors (Lipinski definition) is 5. The molecule has 2 heterocycles. The summed E-state index contributed by atoms with van der Waals surface area (Å²) in [5.41, 5.74) is 5.50. The van der Waals surface area contributed by atoms with Crippen molar-refractivity contribution in [3.8, 4) is 11.8 Å². The van der Waals surface area contributed by atoms with Gasteiger partial charge in [-0.1, -0.05) is 60.3 Å². The number of carbonyl (C=O) groups excluding carboxylic acids is 1. The molecule has 0 aliphatic rings. The van der Waals surface area contributed by atoms with Crippen molar-refractivity contribution in [1.82, 2.24) is 19.3 Å². The van der Waals surface area contributed by atoms with E-state index in [2.05, 4.69) is 21.6 Å². The largest absolute Gasteiger partial charge is 0.326 e. The first kappa shape index (κ1) is 23.3. The quantitative estimate of drug-likeness (QED) is 0.386. The Bertz CT molecular complexity index is 1380. The molecule has 2 aromatic carbocycles. The third-order valence-electron chi connectivity index (χ3n) is 5.87. The lowest BCUT2D eigenvalue weighted by molar-refractivity contribution is -0.113. The number of aromatic nitrogens is 4. The summed E-state index contributed by atoms with van der Waals surface area (Å²) in [7, 11) is 0. The Kier molecular flexibility index (Phi) is 6.85. The number of nitrogens with zero attached hydrogens (tertiary/aromatic N) is 5. The lowest BCUT2D eigenvalue weighted by atomic mass is 10.2. The van der Waals surface area contributed by atoms with Crippen molar-refractivity contribution in [2.75, 3.05) is 11.1 Å². The number of para-hydroxylation sites is 1. The fraction of sp³-hybridized carbons (Fsp3) is 0.231. The van der Waals surface area contributed by atoms with Gasteiger partial charge >= 0.3 is 0 Å². The number of benzene rings is 2. The highest BCUT2D eigenvalue weighted by Gasteiger charge is 2.21. The summed E-state index contributed by atoms with van der Waals surface area (Å²) in [5, 5.41) is 21.9. The van der Waals surface area contributed by atoms with Crippen molar-refractivity contribution in [3.05, 3.63) is 88.4 Å². The molecule has 34 heavy (non-hydrogen) atoms. The molecule has 0 saturated carbocycles. The third kappa shape index (κ3) is 4.61. The van der Waals surface area contributed by atoms with Crippen LogP contribution in [0.1, 0.15) is 33.8 Å². The molecule has 7 nitrogen and oxygen atoms in total. The summed E-state index contributed by atoms with van der Waals surface area (Å²) in [6, 6.07) is 20.3. The van der Waals surface area contributed by atoms with Gasteiger partial charge in [0.2, 0.25) is 5.91 Å². The van der Waals surface area contributed by atoms with E-state index in [0.717, 1.165) is 33.9 Å². The van der Waals surface area contributed by atoms with Crippen LogP contribution in [0.3, 0.4) is 0 Å². The number of thioether (sulfide) groups is 1. The van der Waals surface area contributed by atoms with Crippen molar-refractivity contribution in [1.29, 1.82) is 5.26 Å². The molecule has 4 aromatic rings. The van der Waals surface area contributed by atoms with Crippen LogP contribution in [0, 0.1) is 39.0 Å². The van der Waals surface area contributed by atoms with Gasteiger partial charge in [0.25, 0.3) is 0 Å². The van der Waals surface area contributed by atoms with Crippen LogP contribution in [0.15, 0.2) is 59.8 Å². The molecular formula is C26H26N6OS. The number of nitrogens with one attached hydrogen (secondary N) is 1. The van der Waals surface area contributed by atoms with Crippen LogP contribution in [0.5, 0.6) is 0 Å². The monoisotopic (exact) mass is 470 g/mol. The summed E-state index contributed by atoms with van der Waals surface area (Å²) in [6.45, 7) is 8.37. The van der Waals surface area contributed by atoms with E-state index < -0.39 is 0 Å². The Labute approximate surface area is 203 Å². The van der Waals surface area contributed by atoms with Gasteiger partial charge in [0, 0.05) is 12.2 Å². The summed E-state index contributed by atoms with van der Waals surface area (Å²) < 4.78 is 3.95. The zero-order chi connectivity index (χ0) is 24.2. The smallest absolute Gasteiger partial charge is 0.235 e. The number of anilines is 1. The summed E-state index contributed by atoms with van der Waals surface area (Å²) in [4.78, 5) is 13.0. The van der Waals surface area contributed by atoms with E-state index >= 15 is 0 Å². The van der Waals surface area contributed by atoms with Crippen LogP contribution in [0.2, 0.25) is 0 Å². The molecule has 0 radical (unpaired) electrons. The number of amides is 1. The van der Waals surface area contributed by atoms with Crippen molar-refractivity contribution in [2.24, 2.45) is 0 Å². The van der Waals surface area contributed by atoms with Crippen LogP contribution < -0.4 is 5.32 Å². The summed E-state index contributed by atoms with van der Waals surface area (Å²) in [6.07, 6.45) is 0. The van der Waals surface area contributed by atoms with Gasteiger partial charge in [-0.05, 0) is 50.5 Å². The topological polar surface area (TPSA) is 88.5 Å². The molecule has 4 rings (SSSR count). The van der Waals surface area contributed by atoms with E-state index in [1.54, 1.807) is 0 Å². The number of carbonyl (C=O) groups is 1. The number of hydrogen-bond donors (Lipinski definition) is 1. The van der Waals surface area contributed by atoms with Gasteiger partial charge < -0.3 is 9.88 Å². The SMILES string of the molecule is Cc1ccccc1-n1c(C)nnc1SCC(=O)Nc1c(C#N)c(C)c(C)n1Cc1ccccc1. The second-order valence-corrected chi connectivity index (χ2v) is 9.05. The molecule has 0 spiro atoms. The minimum atomic E-state index is -0.203. The highest BCUT2D eigenvalue weighted by Crippen LogP contribution is 2.28. The zero-order valence-corrected chi connectivity index (χ0v) is 20.5. The van der Waals surface area contributed by atoms with Gasteiger partial charge in [0.05, 0.1) is 17.0 Å². The Morgan fingerprint density at radius 3 is 2.44 bits per heavy atom. The molecule has 0 atom stereocenters. The molecule has 172 valence electrons. The lowest BCUT2D eigenvalue weighted by Crippen LogP contribution is -2.19. The van der Waals surface area contributed by atoms with Gasteiger partial charge in [-0.15, -0.1) is 10.2 Å². The molecule has 0 aliphatic carbocycles. The van der Waals surface area contributed by atoms with E-state index in [0.29, 0.717) is 23.1 Å². The van der Waals surface area contributed by atoms with E-state index in [1.807, 2.05) is 91.4 Å². The molecule has 1 amide bonds. The van der Waals surface area contributed by atoms with E-state index in [9.17, 15) is 10.1 Å². The van der Waals surface area contributed by atoms with E-state index in [4.69, 9.17) is 0 Å². The predicted octanol–water partition coefficient (Wildman–Crippen LogP) is 4.95. The van der Waals surface area contributed by atoms with Gasteiger partial charge in [-0.25, -0.2) is 0 Å². The molecule has 0 bridgehead atoms. The molecule has 8 heteroatoms. The van der Waals surface area contributed by atoms with Crippen molar-refractivity contribution in [2.45, 2.75) is 39.4 Å². The molecular weight excluding hydrogens is 444 g/mol. The molecule has 0 unspecified atom stereocenters. The van der Waals surface area contributed by atoms with Crippen LogP contribution in [0.4, 0.5) is 5.82 Å². The van der Waals surface area contributed by atoms with Gasteiger partial charge in [-0.3, -0.25) is 9.36 Å². The Balaban J connectivity index is 1.56. The maximum absolute atomic E-state index is 13.0. The minimum absolute atomic E-state index is 0.142. The average molecular weight is 471 g/mol. The van der Waals surface area contributed by atoms with Crippen LogP contribution >= 0.6 is 11.8 Å². The van der Waals surface area contributed by atoms with Crippen molar-refractivity contribution < 1.29 is 4.79 Å². The molecule has 2 aromatic heterocycles. The average Bonchev–Trinajstić information content (AvgIpc) is 3.31. The third-order valence-corrected chi connectivity index (χ3v) is 6.80. The number of aryl methyl sites for hydroxylation is 2. The lowest BCUT2D eigenvalue weighted by Gasteiger charge is -2.14. The Morgan fingerprint density at radius 2 is 1.74 bits per heavy atom. The maximum atomic E-state index is 13.0. The predicted molar refractivity (Wildman–Crippen MR) is 134 cm³/mol. The normalized spacial score (nSPS) is 10.8. The van der Waals surface area contributed by atoms with Crippen molar-refractivity contribution >= 4 is 23.5 Å². The minimum Gasteiger partial charge on any atom is -0.326 e. The summed E-state index contributed by atoms with van der Waals surface area (Å²) in [5.74, 6) is 1.23. The highest BCUT2D eigenvalue weighted by atomic mass is 32.2. The summed E-state index contributed by atoms with van der Waals surface area (Å²) >= 11 is 1.32. The second kappa shape index (κ2) is 9.98. The fourth-order valence-corrected chi connectivity index (χ4v) is 4.71. The van der Waals surface area contributed by atoms with Gasteiger partial charge in [0.1, 0.15) is 17.7 Å². The van der Waals surface area contributed by atoms with E-state index in [-0.39, 0.29) is 11.7 Å². The molecule has 0 saturated heterocycles. The van der Waals surface area contributed by atoms with Crippen LogP contribution in [0.25, 0.3) is 5.69 Å². The molecule has 0 fully saturated rings. The fourth-order valence-electron chi connectivity index (χ4n) is 3.92. The van der Waals surface area contributed by atoms with Crippen LogP contribution in [-0.4, -0.2) is 31.0 Å². The maximum Gasteiger partial charge on any atom is 0.235 e. The first-order valence-corrected chi connectivity index (χ1v) is 11.9. The Hall–Kier alpha value is -3.83.